The van der Waals surface area contributed by atoms with Gasteiger partial charge < -0.3 is 0 Å². The second kappa shape index (κ2) is 4.28. The van der Waals surface area contributed by atoms with Crippen LogP contribution in [-0.4, -0.2) is 0 Å². The predicted molar refractivity (Wildman–Crippen MR) is 61.4 cm³/mol. The summed E-state index contributed by atoms with van der Waals surface area (Å²) in [6.45, 7) is 2.23. The van der Waals surface area contributed by atoms with Crippen LogP contribution in [0, 0.1) is 6.07 Å². The van der Waals surface area contributed by atoms with Crippen LogP contribution in [0.2, 0.25) is 0 Å². The zero-order valence-corrected chi connectivity index (χ0v) is 8.59. The molecule has 2 aromatic carbocycles. The first-order chi connectivity index (χ1) is 6.90. The monoisotopic (exact) mass is 183 g/mol. The van der Waals surface area contributed by atoms with Crippen LogP contribution in [0.1, 0.15) is 25.3 Å². The minimum atomic E-state index is 1.20. The molecule has 0 spiro atoms. The highest BCUT2D eigenvalue weighted by molar-refractivity contribution is 5.82. The molecule has 0 heterocycles. The van der Waals surface area contributed by atoms with Gasteiger partial charge in [0.2, 0.25) is 0 Å². The SMILES string of the molecule is CCCCc1ccc2c[c]ccc2c1. The molecular formula is C14H15. The third-order valence-corrected chi connectivity index (χ3v) is 2.57. The summed E-state index contributed by atoms with van der Waals surface area (Å²) in [6, 6.07) is 16.0. The molecule has 2 aromatic rings. The van der Waals surface area contributed by atoms with Gasteiger partial charge in [0.05, 0.1) is 0 Å². The zero-order chi connectivity index (χ0) is 9.80. The molecule has 0 amide bonds. The molecule has 0 aliphatic rings. The molecule has 0 fully saturated rings. The average molecular weight is 183 g/mol. The summed E-state index contributed by atoms with van der Waals surface area (Å²) in [6.07, 6.45) is 3.75. The Morgan fingerprint density at radius 2 is 2.07 bits per heavy atom. The van der Waals surface area contributed by atoms with E-state index in [4.69, 9.17) is 0 Å². The lowest BCUT2D eigenvalue weighted by Crippen LogP contribution is -1.84. The zero-order valence-electron chi connectivity index (χ0n) is 8.59. The minimum Gasteiger partial charge on any atom is -0.0654 e. The third-order valence-electron chi connectivity index (χ3n) is 2.57. The van der Waals surface area contributed by atoms with E-state index >= 15 is 0 Å². The fourth-order valence-electron chi connectivity index (χ4n) is 1.71. The number of benzene rings is 2. The van der Waals surface area contributed by atoms with E-state index in [0.29, 0.717) is 0 Å². The molecule has 0 nitrogen and oxygen atoms in total. The molecule has 71 valence electrons. The lowest BCUT2D eigenvalue weighted by molar-refractivity contribution is 0.796. The van der Waals surface area contributed by atoms with Crippen LogP contribution in [0.5, 0.6) is 0 Å². The van der Waals surface area contributed by atoms with E-state index in [1.54, 1.807) is 0 Å². The van der Waals surface area contributed by atoms with Gasteiger partial charge in [0.1, 0.15) is 0 Å². The Balaban J connectivity index is 2.32. The summed E-state index contributed by atoms with van der Waals surface area (Å²) in [5, 5.41) is 2.62. The second-order valence-corrected chi connectivity index (χ2v) is 3.71. The van der Waals surface area contributed by atoms with Crippen LogP contribution in [0.25, 0.3) is 10.8 Å². The maximum absolute atomic E-state index is 3.10. The van der Waals surface area contributed by atoms with Gasteiger partial charge in [0, 0.05) is 0 Å². The topological polar surface area (TPSA) is 0 Å². The Morgan fingerprint density at radius 3 is 2.93 bits per heavy atom. The van der Waals surface area contributed by atoms with Crippen LogP contribution in [0.4, 0.5) is 0 Å². The van der Waals surface area contributed by atoms with Gasteiger partial charge in [-0.3, -0.25) is 0 Å². The van der Waals surface area contributed by atoms with Crippen molar-refractivity contribution < 1.29 is 0 Å². The summed E-state index contributed by atoms with van der Waals surface area (Å²) < 4.78 is 0. The van der Waals surface area contributed by atoms with E-state index in [0.717, 1.165) is 0 Å². The van der Waals surface area contributed by atoms with Gasteiger partial charge in [0.15, 0.2) is 0 Å². The Hall–Kier alpha value is -1.30. The number of unbranched alkanes of at least 4 members (excludes halogenated alkanes) is 1. The molecule has 0 unspecified atom stereocenters. The lowest BCUT2D eigenvalue weighted by atomic mass is 10.0. The quantitative estimate of drug-likeness (QED) is 0.675. The van der Waals surface area contributed by atoms with Crippen LogP contribution < -0.4 is 0 Å². The van der Waals surface area contributed by atoms with Gasteiger partial charge in [-0.05, 0) is 41.3 Å². The van der Waals surface area contributed by atoms with Crippen molar-refractivity contribution >= 4 is 10.8 Å². The van der Waals surface area contributed by atoms with Gasteiger partial charge in [0.25, 0.3) is 0 Å². The van der Waals surface area contributed by atoms with E-state index in [-0.39, 0.29) is 0 Å². The standard InChI is InChI=1S/C14H15/c1-2-3-6-12-9-10-13-7-4-5-8-14(13)11-12/h5,7-11H,2-3,6H2,1H3. The number of fused-ring (bicyclic) bond motifs is 1. The number of hydrogen-bond acceptors (Lipinski definition) is 0. The van der Waals surface area contributed by atoms with Crippen molar-refractivity contribution in [1.29, 1.82) is 0 Å². The first-order valence-electron chi connectivity index (χ1n) is 5.29. The summed E-state index contributed by atoms with van der Waals surface area (Å²) in [5.74, 6) is 0. The normalized spacial score (nSPS) is 10.6. The van der Waals surface area contributed by atoms with Crippen molar-refractivity contribution in [2.24, 2.45) is 0 Å². The summed E-state index contributed by atoms with van der Waals surface area (Å²) in [5.41, 5.74) is 1.45. The van der Waals surface area contributed by atoms with Gasteiger partial charge in [-0.1, -0.05) is 43.7 Å². The van der Waals surface area contributed by atoms with Gasteiger partial charge in [-0.2, -0.15) is 0 Å². The van der Waals surface area contributed by atoms with E-state index in [1.165, 1.54) is 35.6 Å². The Labute approximate surface area is 85.6 Å². The summed E-state index contributed by atoms with van der Waals surface area (Å²) in [7, 11) is 0. The lowest BCUT2D eigenvalue weighted by Gasteiger charge is -2.02. The summed E-state index contributed by atoms with van der Waals surface area (Å²) in [4.78, 5) is 0. The molecule has 0 saturated carbocycles. The fourth-order valence-corrected chi connectivity index (χ4v) is 1.71. The molecule has 0 bridgehead atoms. The van der Waals surface area contributed by atoms with Crippen LogP contribution >= 0.6 is 0 Å². The van der Waals surface area contributed by atoms with Crippen molar-refractivity contribution in [3.63, 3.8) is 0 Å². The molecule has 0 atom stereocenters. The third kappa shape index (κ3) is 1.95. The van der Waals surface area contributed by atoms with Gasteiger partial charge >= 0.3 is 0 Å². The van der Waals surface area contributed by atoms with Crippen molar-refractivity contribution in [2.75, 3.05) is 0 Å². The molecule has 1 radical (unpaired) electrons. The Kier molecular flexibility index (Phi) is 2.83. The van der Waals surface area contributed by atoms with Gasteiger partial charge in [-0.15, -0.1) is 0 Å². The van der Waals surface area contributed by atoms with Crippen molar-refractivity contribution in [2.45, 2.75) is 26.2 Å². The molecule has 2 rings (SSSR count). The Bertz CT molecular complexity index is 415. The highest BCUT2D eigenvalue weighted by atomic mass is 14.0. The smallest absolute Gasteiger partial charge is 0.0177 e. The molecule has 0 aromatic heterocycles. The molecule has 0 aliphatic carbocycles. The number of aryl methyl sites for hydroxylation is 1. The van der Waals surface area contributed by atoms with Gasteiger partial charge in [-0.25, -0.2) is 0 Å². The van der Waals surface area contributed by atoms with Crippen LogP contribution in [0.3, 0.4) is 0 Å². The minimum absolute atomic E-state index is 1.20. The predicted octanol–water partition coefficient (Wildman–Crippen LogP) is 3.98. The fraction of sp³-hybridized carbons (Fsp3) is 0.286. The average Bonchev–Trinajstić information content (AvgIpc) is 2.26. The molecular weight excluding hydrogens is 168 g/mol. The highest BCUT2D eigenvalue weighted by Gasteiger charge is 1.95. The molecule has 0 aliphatic heterocycles. The largest absolute Gasteiger partial charge is 0.0654 e. The Morgan fingerprint density at radius 1 is 1.14 bits per heavy atom. The molecule has 0 saturated heterocycles. The maximum Gasteiger partial charge on any atom is -0.0177 e. The van der Waals surface area contributed by atoms with Crippen LogP contribution in [0.15, 0.2) is 36.4 Å². The van der Waals surface area contributed by atoms with E-state index < -0.39 is 0 Å². The first-order valence-corrected chi connectivity index (χ1v) is 5.29. The van der Waals surface area contributed by atoms with E-state index in [2.05, 4.69) is 37.3 Å². The highest BCUT2D eigenvalue weighted by Crippen LogP contribution is 2.16. The second-order valence-electron chi connectivity index (χ2n) is 3.71. The number of rotatable bonds is 3. The molecule has 14 heavy (non-hydrogen) atoms. The summed E-state index contributed by atoms with van der Waals surface area (Å²) >= 11 is 0. The molecule has 0 N–H and O–H groups in total. The van der Waals surface area contributed by atoms with E-state index in [1.807, 2.05) is 12.1 Å². The molecule has 0 heteroatoms. The number of hydrogen-bond donors (Lipinski definition) is 0. The van der Waals surface area contributed by atoms with Crippen LogP contribution in [-0.2, 0) is 6.42 Å². The van der Waals surface area contributed by atoms with E-state index in [9.17, 15) is 0 Å². The first kappa shape index (κ1) is 9.26. The maximum atomic E-state index is 3.10. The van der Waals surface area contributed by atoms with Crippen molar-refractivity contribution in [3.8, 4) is 0 Å². The van der Waals surface area contributed by atoms with Crippen molar-refractivity contribution in [3.05, 3.63) is 48.0 Å². The van der Waals surface area contributed by atoms with Crippen molar-refractivity contribution in [1.82, 2.24) is 0 Å².